The Bertz CT molecular complexity index is 1130. The number of benzene rings is 2. The smallest absolute Gasteiger partial charge is 0.256 e. The molecule has 0 N–H and O–H groups in total. The second-order valence-corrected chi connectivity index (χ2v) is 10.2. The van der Waals surface area contributed by atoms with E-state index < -0.39 is 11.8 Å². The molecule has 2 aromatic rings. The van der Waals surface area contributed by atoms with Gasteiger partial charge in [0.15, 0.2) is 0 Å². The van der Waals surface area contributed by atoms with E-state index in [4.69, 9.17) is 4.74 Å². The zero-order chi connectivity index (χ0) is 25.3. The predicted molar refractivity (Wildman–Crippen MR) is 137 cm³/mol. The van der Waals surface area contributed by atoms with E-state index in [0.29, 0.717) is 37.1 Å². The number of ether oxygens (including phenoxy) is 1. The van der Waals surface area contributed by atoms with E-state index in [1.165, 1.54) is 5.56 Å². The summed E-state index contributed by atoms with van der Waals surface area (Å²) < 4.78 is 6.34. The topological polar surface area (TPSA) is 70.2 Å². The molecule has 7 nitrogen and oxygen atoms in total. The van der Waals surface area contributed by atoms with Crippen LogP contribution >= 0.6 is 0 Å². The summed E-state index contributed by atoms with van der Waals surface area (Å²) in [5.41, 5.74) is 2.54. The van der Waals surface area contributed by atoms with Crippen LogP contribution in [0.2, 0.25) is 0 Å². The quantitative estimate of drug-likeness (QED) is 0.657. The normalized spacial score (nSPS) is 21.3. The summed E-state index contributed by atoms with van der Waals surface area (Å²) in [7, 11) is 0. The number of likely N-dealkylation sites (tertiary alicyclic amines) is 2. The van der Waals surface area contributed by atoms with Gasteiger partial charge in [0.25, 0.3) is 11.8 Å². The fourth-order valence-corrected chi connectivity index (χ4v) is 5.75. The molecule has 3 fully saturated rings. The van der Waals surface area contributed by atoms with E-state index in [1.54, 1.807) is 11.0 Å². The summed E-state index contributed by atoms with van der Waals surface area (Å²) in [6, 6.07) is 14.6. The molecule has 0 saturated carbocycles. The highest BCUT2D eigenvalue weighted by molar-refractivity contribution is 5.99. The van der Waals surface area contributed by atoms with Crippen LogP contribution in [0.5, 0.6) is 0 Å². The van der Waals surface area contributed by atoms with Crippen LogP contribution in [0.1, 0.15) is 64.4 Å². The molecular formula is C29H35N3O4. The number of aryl methyl sites for hydroxylation is 2. The third-order valence-corrected chi connectivity index (χ3v) is 7.89. The highest BCUT2D eigenvalue weighted by Gasteiger charge is 2.55. The molecular weight excluding hydrogens is 454 g/mol. The van der Waals surface area contributed by atoms with Crippen molar-refractivity contribution in [2.45, 2.75) is 57.7 Å². The van der Waals surface area contributed by atoms with Crippen molar-refractivity contribution in [1.82, 2.24) is 14.7 Å². The molecule has 7 heteroatoms. The van der Waals surface area contributed by atoms with Crippen LogP contribution in [-0.2, 0) is 16.0 Å². The summed E-state index contributed by atoms with van der Waals surface area (Å²) in [5.74, 6) is -0.213. The highest BCUT2D eigenvalue weighted by Crippen LogP contribution is 2.39. The Morgan fingerprint density at radius 2 is 1.58 bits per heavy atom. The number of carbonyl (C=O) groups excluding carboxylic acids is 3. The van der Waals surface area contributed by atoms with Gasteiger partial charge in [-0.25, -0.2) is 0 Å². The zero-order valence-corrected chi connectivity index (χ0v) is 21.2. The lowest BCUT2D eigenvalue weighted by Gasteiger charge is -2.44. The second-order valence-electron chi connectivity index (χ2n) is 10.2. The molecule has 0 aliphatic carbocycles. The first-order valence-corrected chi connectivity index (χ1v) is 13.1. The minimum Gasteiger partial charge on any atom is -0.353 e. The van der Waals surface area contributed by atoms with Crippen LogP contribution in [0.4, 0.5) is 0 Å². The number of amides is 3. The maximum absolute atomic E-state index is 13.9. The standard InChI is InChI=1S/C29H35N3O4/c1-3-22-9-11-23(12-10-22)26(33)31-17-13-29(14-18-31)32(27(34)24-8-6-7-21(2)19-24)25(20-36-29)28(35)30-15-4-5-16-30/h6-12,19,25H,3-5,13-18,20H2,1-2H3. The van der Waals surface area contributed by atoms with Crippen LogP contribution < -0.4 is 0 Å². The summed E-state index contributed by atoms with van der Waals surface area (Å²) in [4.78, 5) is 46.0. The predicted octanol–water partition coefficient (Wildman–Crippen LogP) is 3.65. The number of hydrogen-bond acceptors (Lipinski definition) is 4. The van der Waals surface area contributed by atoms with E-state index in [9.17, 15) is 14.4 Å². The van der Waals surface area contributed by atoms with Crippen molar-refractivity contribution in [1.29, 1.82) is 0 Å². The van der Waals surface area contributed by atoms with Gasteiger partial charge in [-0.2, -0.15) is 0 Å². The lowest BCUT2D eigenvalue weighted by Crippen LogP contribution is -2.60. The van der Waals surface area contributed by atoms with Crippen molar-refractivity contribution in [2.75, 3.05) is 32.8 Å². The Labute approximate surface area is 213 Å². The lowest BCUT2D eigenvalue weighted by molar-refractivity contribution is -0.136. The number of piperidine rings is 1. The van der Waals surface area contributed by atoms with Crippen LogP contribution in [0.3, 0.4) is 0 Å². The zero-order valence-electron chi connectivity index (χ0n) is 21.2. The Balaban J connectivity index is 1.38. The van der Waals surface area contributed by atoms with Gasteiger partial charge in [-0.3, -0.25) is 19.3 Å². The van der Waals surface area contributed by atoms with Crippen molar-refractivity contribution in [2.24, 2.45) is 0 Å². The maximum atomic E-state index is 13.9. The highest BCUT2D eigenvalue weighted by atomic mass is 16.5. The minimum atomic E-state index is -0.885. The van der Waals surface area contributed by atoms with Gasteiger partial charge < -0.3 is 14.5 Å². The molecule has 3 aliphatic heterocycles. The van der Waals surface area contributed by atoms with Gasteiger partial charge in [0, 0.05) is 50.1 Å². The molecule has 3 aliphatic rings. The summed E-state index contributed by atoms with van der Waals surface area (Å²) in [6.45, 7) is 6.64. The van der Waals surface area contributed by atoms with Crippen molar-refractivity contribution in [3.8, 4) is 0 Å². The van der Waals surface area contributed by atoms with Gasteiger partial charge >= 0.3 is 0 Å². The van der Waals surface area contributed by atoms with Crippen molar-refractivity contribution in [3.05, 3.63) is 70.8 Å². The van der Waals surface area contributed by atoms with Gasteiger partial charge in [0.2, 0.25) is 5.91 Å². The van der Waals surface area contributed by atoms with E-state index >= 15 is 0 Å². The molecule has 0 bridgehead atoms. The third kappa shape index (κ3) is 4.52. The third-order valence-electron chi connectivity index (χ3n) is 7.89. The molecule has 0 radical (unpaired) electrons. The molecule has 3 heterocycles. The van der Waals surface area contributed by atoms with Crippen molar-refractivity contribution < 1.29 is 19.1 Å². The molecule has 2 aromatic carbocycles. The van der Waals surface area contributed by atoms with Crippen LogP contribution in [0.15, 0.2) is 48.5 Å². The first-order chi connectivity index (χ1) is 17.4. The molecule has 5 rings (SSSR count). The Kier molecular flexibility index (Phi) is 6.84. The monoisotopic (exact) mass is 489 g/mol. The van der Waals surface area contributed by atoms with E-state index in [-0.39, 0.29) is 24.3 Å². The fourth-order valence-electron chi connectivity index (χ4n) is 5.75. The molecule has 190 valence electrons. The largest absolute Gasteiger partial charge is 0.353 e. The number of hydrogen-bond donors (Lipinski definition) is 0. The first kappa shape index (κ1) is 24.5. The molecule has 0 aromatic heterocycles. The SMILES string of the molecule is CCc1ccc(C(=O)N2CCC3(CC2)OCC(C(=O)N2CCCC2)N3C(=O)c2cccc(C)c2)cc1. The lowest BCUT2D eigenvalue weighted by atomic mass is 9.95. The van der Waals surface area contributed by atoms with Crippen molar-refractivity contribution in [3.63, 3.8) is 0 Å². The van der Waals surface area contributed by atoms with E-state index in [1.807, 2.05) is 59.2 Å². The number of rotatable bonds is 4. The molecule has 3 saturated heterocycles. The Morgan fingerprint density at radius 3 is 2.22 bits per heavy atom. The van der Waals surface area contributed by atoms with Gasteiger partial charge in [-0.15, -0.1) is 0 Å². The molecule has 1 spiro atoms. The minimum absolute atomic E-state index is 0.00764. The van der Waals surface area contributed by atoms with Crippen LogP contribution in [0, 0.1) is 6.92 Å². The average Bonchev–Trinajstić information content (AvgIpc) is 3.57. The number of nitrogens with zero attached hydrogens (tertiary/aromatic N) is 3. The van der Waals surface area contributed by atoms with Crippen LogP contribution in [-0.4, -0.2) is 77.0 Å². The molecule has 3 amide bonds. The molecule has 1 unspecified atom stereocenters. The van der Waals surface area contributed by atoms with Crippen LogP contribution in [0.25, 0.3) is 0 Å². The Hall–Kier alpha value is -3.19. The summed E-state index contributed by atoms with van der Waals surface area (Å²) >= 11 is 0. The van der Waals surface area contributed by atoms with E-state index in [0.717, 1.165) is 37.9 Å². The molecule has 36 heavy (non-hydrogen) atoms. The summed E-state index contributed by atoms with van der Waals surface area (Å²) in [5, 5.41) is 0. The fraction of sp³-hybridized carbons (Fsp3) is 0.483. The average molecular weight is 490 g/mol. The summed E-state index contributed by atoms with van der Waals surface area (Å²) in [6.07, 6.45) is 3.87. The first-order valence-electron chi connectivity index (χ1n) is 13.1. The van der Waals surface area contributed by atoms with Gasteiger partial charge in [-0.1, -0.05) is 36.8 Å². The Morgan fingerprint density at radius 1 is 0.889 bits per heavy atom. The maximum Gasteiger partial charge on any atom is 0.256 e. The van der Waals surface area contributed by atoms with Crippen molar-refractivity contribution >= 4 is 17.7 Å². The number of carbonyl (C=O) groups is 3. The van der Waals surface area contributed by atoms with Gasteiger partial charge in [-0.05, 0) is 56.0 Å². The second kappa shape index (κ2) is 10.1. The van der Waals surface area contributed by atoms with Gasteiger partial charge in [0.05, 0.1) is 6.61 Å². The van der Waals surface area contributed by atoms with E-state index in [2.05, 4.69) is 6.92 Å². The van der Waals surface area contributed by atoms with Gasteiger partial charge in [0.1, 0.15) is 11.8 Å². The molecule has 1 atom stereocenters.